The molecule has 0 fully saturated rings. The van der Waals surface area contributed by atoms with Gasteiger partial charge < -0.3 is 19.5 Å². The van der Waals surface area contributed by atoms with Gasteiger partial charge in [0.05, 0.1) is 24.4 Å². The van der Waals surface area contributed by atoms with E-state index in [0.29, 0.717) is 56.1 Å². The topological polar surface area (TPSA) is 100 Å². The van der Waals surface area contributed by atoms with E-state index in [4.69, 9.17) is 4.74 Å². The van der Waals surface area contributed by atoms with E-state index in [1.54, 1.807) is 0 Å². The zero-order valence-corrected chi connectivity index (χ0v) is 21.8. The summed E-state index contributed by atoms with van der Waals surface area (Å²) in [5, 5.41) is 13.3. The fourth-order valence-corrected chi connectivity index (χ4v) is 5.76. The Bertz CT molecular complexity index is 1300. The van der Waals surface area contributed by atoms with Gasteiger partial charge in [0, 0.05) is 37.0 Å². The molecule has 3 heterocycles. The lowest BCUT2D eigenvalue weighted by atomic mass is 10.0. The molecule has 188 valence electrons. The van der Waals surface area contributed by atoms with Crippen LogP contribution in [0.15, 0.2) is 30.5 Å². The Labute approximate surface area is 215 Å². The molecule has 0 spiro atoms. The minimum absolute atomic E-state index is 0.0804. The van der Waals surface area contributed by atoms with Crippen molar-refractivity contribution in [2.24, 2.45) is 0 Å². The van der Waals surface area contributed by atoms with Crippen LogP contribution in [0.4, 0.5) is 5.00 Å². The van der Waals surface area contributed by atoms with Gasteiger partial charge in [-0.3, -0.25) is 9.59 Å². The van der Waals surface area contributed by atoms with Crippen molar-refractivity contribution in [1.82, 2.24) is 14.5 Å². The molecular weight excluding hydrogens is 474 g/mol. The van der Waals surface area contributed by atoms with Gasteiger partial charge in [0.1, 0.15) is 22.6 Å². The van der Waals surface area contributed by atoms with Crippen LogP contribution in [0.3, 0.4) is 0 Å². The number of nitriles is 1. The Kier molecular flexibility index (Phi) is 8.06. The number of hydrogen-bond acceptors (Lipinski definition) is 6. The maximum atomic E-state index is 12.9. The summed E-state index contributed by atoms with van der Waals surface area (Å²) < 4.78 is 7.65. The molecule has 9 heteroatoms. The van der Waals surface area contributed by atoms with Crippen LogP contribution in [0.1, 0.15) is 52.9 Å². The summed E-state index contributed by atoms with van der Waals surface area (Å²) in [4.78, 5) is 32.8. The van der Waals surface area contributed by atoms with E-state index in [0.717, 1.165) is 33.3 Å². The van der Waals surface area contributed by atoms with Crippen LogP contribution in [0.2, 0.25) is 0 Å². The third kappa shape index (κ3) is 5.77. The molecule has 4 rings (SSSR count). The molecule has 1 aliphatic heterocycles. The summed E-state index contributed by atoms with van der Waals surface area (Å²) in [5.41, 5.74) is 3.40. The molecule has 0 atom stereocenters. The largest absolute Gasteiger partial charge is 0.494 e. The van der Waals surface area contributed by atoms with Gasteiger partial charge in [0.15, 0.2) is 0 Å². The standard InChI is InChI=1S/C27H31N5O3S/c1-4-35-23-8-6-5-7-20(23)9-10-25(33)30-27-22(15-28)21-11-13-32(17-24(21)36-27)26(34)12-14-31-16-18(2)29-19(31)3/h5-8,16H,4,9-14,17H2,1-3H3,(H,30,33). The summed E-state index contributed by atoms with van der Waals surface area (Å²) in [6, 6.07) is 9.98. The highest BCUT2D eigenvalue weighted by atomic mass is 32.1. The maximum Gasteiger partial charge on any atom is 0.225 e. The number of anilines is 1. The van der Waals surface area contributed by atoms with Gasteiger partial charge in [-0.05, 0) is 50.8 Å². The number of ether oxygens (including phenoxy) is 1. The van der Waals surface area contributed by atoms with E-state index in [1.165, 1.54) is 11.3 Å². The predicted molar refractivity (Wildman–Crippen MR) is 139 cm³/mol. The highest BCUT2D eigenvalue weighted by molar-refractivity contribution is 7.16. The lowest BCUT2D eigenvalue weighted by Crippen LogP contribution is -2.35. The van der Waals surface area contributed by atoms with Crippen LogP contribution in [-0.2, 0) is 35.5 Å². The first-order valence-corrected chi connectivity index (χ1v) is 13.0. The van der Waals surface area contributed by atoms with E-state index in [9.17, 15) is 14.9 Å². The minimum atomic E-state index is -0.143. The average Bonchev–Trinajstić information content (AvgIpc) is 3.38. The van der Waals surface area contributed by atoms with E-state index in [1.807, 2.05) is 60.7 Å². The number of para-hydroxylation sites is 1. The number of thiophene rings is 1. The van der Waals surface area contributed by atoms with Gasteiger partial charge in [0.2, 0.25) is 11.8 Å². The molecule has 0 saturated heterocycles. The van der Waals surface area contributed by atoms with Crippen molar-refractivity contribution in [3.05, 3.63) is 63.5 Å². The molecule has 0 bridgehead atoms. The maximum absolute atomic E-state index is 12.9. The van der Waals surface area contributed by atoms with Gasteiger partial charge in [-0.2, -0.15) is 5.26 Å². The van der Waals surface area contributed by atoms with Crippen molar-refractivity contribution in [2.75, 3.05) is 18.5 Å². The number of carbonyl (C=O) groups excluding carboxylic acids is 2. The average molecular weight is 506 g/mol. The summed E-state index contributed by atoms with van der Waals surface area (Å²) in [5.74, 6) is 1.63. The first kappa shape index (κ1) is 25.5. The van der Waals surface area contributed by atoms with Gasteiger partial charge in [0.25, 0.3) is 0 Å². The Balaban J connectivity index is 1.37. The van der Waals surface area contributed by atoms with Crippen molar-refractivity contribution in [3.8, 4) is 11.8 Å². The summed E-state index contributed by atoms with van der Waals surface area (Å²) in [6.45, 7) is 8.01. The van der Waals surface area contributed by atoms with Crippen LogP contribution in [0, 0.1) is 25.2 Å². The zero-order valence-electron chi connectivity index (χ0n) is 21.0. The highest BCUT2D eigenvalue weighted by Gasteiger charge is 2.27. The molecular formula is C27H31N5O3S. The molecule has 1 N–H and O–H groups in total. The van der Waals surface area contributed by atoms with Gasteiger partial charge in [-0.25, -0.2) is 4.98 Å². The molecule has 1 aromatic carbocycles. The zero-order chi connectivity index (χ0) is 25.7. The lowest BCUT2D eigenvalue weighted by molar-refractivity contribution is -0.132. The SMILES string of the molecule is CCOc1ccccc1CCC(=O)Nc1sc2c(c1C#N)CCN(C(=O)CCn1cc(C)nc1C)C2. The Morgan fingerprint density at radius 3 is 2.78 bits per heavy atom. The third-order valence-electron chi connectivity index (χ3n) is 6.33. The second-order valence-electron chi connectivity index (χ2n) is 8.85. The van der Waals surface area contributed by atoms with E-state index in [2.05, 4.69) is 16.4 Å². The predicted octanol–water partition coefficient (Wildman–Crippen LogP) is 4.38. The fourth-order valence-electron chi connectivity index (χ4n) is 4.53. The van der Waals surface area contributed by atoms with Crippen LogP contribution < -0.4 is 10.1 Å². The third-order valence-corrected chi connectivity index (χ3v) is 7.46. The number of aromatic nitrogens is 2. The molecule has 0 unspecified atom stereocenters. The summed E-state index contributed by atoms with van der Waals surface area (Å²) in [7, 11) is 0. The molecule has 0 saturated carbocycles. The number of amides is 2. The van der Waals surface area contributed by atoms with Gasteiger partial charge in [-0.1, -0.05) is 18.2 Å². The van der Waals surface area contributed by atoms with Crippen molar-refractivity contribution >= 4 is 28.2 Å². The number of nitrogens with zero attached hydrogens (tertiary/aromatic N) is 4. The molecule has 0 aliphatic carbocycles. The number of benzene rings is 1. The number of nitrogens with one attached hydrogen (secondary N) is 1. The molecule has 1 aliphatic rings. The highest BCUT2D eigenvalue weighted by Crippen LogP contribution is 2.37. The van der Waals surface area contributed by atoms with Gasteiger partial charge in [-0.15, -0.1) is 11.3 Å². The quantitative estimate of drug-likeness (QED) is 0.465. The lowest BCUT2D eigenvalue weighted by Gasteiger charge is -2.27. The van der Waals surface area contributed by atoms with Gasteiger partial charge >= 0.3 is 0 Å². The van der Waals surface area contributed by atoms with E-state index in [-0.39, 0.29) is 18.2 Å². The van der Waals surface area contributed by atoms with Crippen molar-refractivity contribution in [1.29, 1.82) is 5.26 Å². The number of carbonyl (C=O) groups is 2. The first-order valence-electron chi connectivity index (χ1n) is 12.2. The summed E-state index contributed by atoms with van der Waals surface area (Å²) >= 11 is 1.40. The molecule has 8 nitrogen and oxygen atoms in total. The van der Waals surface area contributed by atoms with Crippen LogP contribution >= 0.6 is 11.3 Å². The van der Waals surface area contributed by atoms with Crippen LogP contribution in [0.25, 0.3) is 0 Å². The van der Waals surface area contributed by atoms with Crippen molar-refractivity contribution < 1.29 is 14.3 Å². The minimum Gasteiger partial charge on any atom is -0.494 e. The Hall–Kier alpha value is -3.64. The second kappa shape index (κ2) is 11.4. The second-order valence-corrected chi connectivity index (χ2v) is 9.95. The van der Waals surface area contributed by atoms with Crippen molar-refractivity contribution in [2.45, 2.75) is 59.5 Å². The number of hydrogen-bond donors (Lipinski definition) is 1. The smallest absolute Gasteiger partial charge is 0.225 e. The molecule has 0 radical (unpaired) electrons. The van der Waals surface area contributed by atoms with E-state index >= 15 is 0 Å². The molecule has 2 amide bonds. The number of rotatable bonds is 9. The van der Waals surface area contributed by atoms with Crippen molar-refractivity contribution in [3.63, 3.8) is 0 Å². The molecule has 3 aromatic rings. The molecule has 36 heavy (non-hydrogen) atoms. The number of imidazole rings is 1. The fraction of sp³-hybridized carbons (Fsp3) is 0.407. The normalized spacial score (nSPS) is 12.7. The monoisotopic (exact) mass is 505 g/mol. The number of aryl methyl sites for hydroxylation is 4. The summed E-state index contributed by atoms with van der Waals surface area (Å²) in [6.07, 6.45) is 3.80. The van der Waals surface area contributed by atoms with Crippen LogP contribution in [-0.4, -0.2) is 39.4 Å². The Morgan fingerprint density at radius 2 is 2.06 bits per heavy atom. The molecule has 2 aromatic heterocycles. The Morgan fingerprint density at radius 1 is 1.25 bits per heavy atom. The first-order chi connectivity index (χ1) is 17.4. The van der Waals surface area contributed by atoms with E-state index < -0.39 is 0 Å². The number of fused-ring (bicyclic) bond motifs is 1. The van der Waals surface area contributed by atoms with Crippen LogP contribution in [0.5, 0.6) is 5.75 Å².